The van der Waals surface area contributed by atoms with Gasteiger partial charge in [0.15, 0.2) is 11.7 Å². The summed E-state index contributed by atoms with van der Waals surface area (Å²) in [6.45, 7) is 6.07. The van der Waals surface area contributed by atoms with Crippen molar-refractivity contribution in [3.05, 3.63) is 34.8 Å². The Bertz CT molecular complexity index is 900. The van der Waals surface area contributed by atoms with Crippen LogP contribution in [0, 0.1) is 11.8 Å². The molecule has 1 aliphatic rings. The lowest BCUT2D eigenvalue weighted by molar-refractivity contribution is -0.155. The molecule has 0 aliphatic heterocycles. The number of carbonyl (C=O) groups excluding carboxylic acids is 2. The second kappa shape index (κ2) is 8.63. The first-order chi connectivity index (χ1) is 13.4. The van der Waals surface area contributed by atoms with Gasteiger partial charge in [0, 0.05) is 12.6 Å². The fourth-order valence-corrected chi connectivity index (χ4v) is 3.82. The molecule has 7 nitrogen and oxygen atoms in total. The number of oxazole rings is 1. The van der Waals surface area contributed by atoms with Crippen molar-refractivity contribution in [2.75, 3.05) is 0 Å². The molecule has 0 spiro atoms. The minimum atomic E-state index is -0.866. The zero-order chi connectivity index (χ0) is 20.3. The van der Waals surface area contributed by atoms with Crippen LogP contribution in [-0.4, -0.2) is 28.6 Å². The van der Waals surface area contributed by atoms with E-state index >= 15 is 0 Å². The average Bonchev–Trinajstić information content (AvgIpc) is 2.98. The summed E-state index contributed by atoms with van der Waals surface area (Å²) in [6, 6.07) is 7.15. The second-order valence-corrected chi connectivity index (χ2v) is 7.75. The van der Waals surface area contributed by atoms with Gasteiger partial charge in [-0.15, -0.1) is 0 Å². The Labute approximate surface area is 164 Å². The van der Waals surface area contributed by atoms with Crippen molar-refractivity contribution in [1.29, 1.82) is 0 Å². The van der Waals surface area contributed by atoms with Crippen molar-refractivity contribution in [3.63, 3.8) is 0 Å². The van der Waals surface area contributed by atoms with E-state index in [1.54, 1.807) is 31.2 Å². The number of aryl methyl sites for hydroxylation is 1. The summed E-state index contributed by atoms with van der Waals surface area (Å²) in [7, 11) is 0. The van der Waals surface area contributed by atoms with E-state index in [4.69, 9.17) is 9.15 Å². The van der Waals surface area contributed by atoms with Gasteiger partial charge in [-0.1, -0.05) is 38.8 Å². The molecule has 1 N–H and O–H groups in total. The first-order valence-electron chi connectivity index (χ1n) is 9.95. The average molecular weight is 388 g/mol. The Balaban J connectivity index is 1.52. The van der Waals surface area contributed by atoms with Gasteiger partial charge in [-0.25, -0.2) is 4.79 Å². The molecule has 0 saturated heterocycles. The Morgan fingerprint density at radius 3 is 2.82 bits per heavy atom. The van der Waals surface area contributed by atoms with Crippen LogP contribution in [0.3, 0.4) is 0 Å². The van der Waals surface area contributed by atoms with Gasteiger partial charge >= 0.3 is 11.7 Å². The minimum absolute atomic E-state index is 0.0160. The van der Waals surface area contributed by atoms with Crippen LogP contribution >= 0.6 is 0 Å². The smallest absolute Gasteiger partial charge is 0.419 e. The van der Waals surface area contributed by atoms with E-state index in [-0.39, 0.29) is 24.9 Å². The molecule has 1 aromatic carbocycles. The van der Waals surface area contributed by atoms with Gasteiger partial charge in [0.2, 0.25) is 0 Å². The lowest BCUT2D eigenvalue weighted by Crippen LogP contribution is -2.47. The first-order valence-corrected chi connectivity index (χ1v) is 9.95. The molecule has 152 valence electrons. The fourth-order valence-electron chi connectivity index (χ4n) is 3.82. The molecule has 1 aromatic heterocycles. The lowest BCUT2D eigenvalue weighted by atomic mass is 9.78. The van der Waals surface area contributed by atoms with Gasteiger partial charge in [-0.05, 0) is 37.3 Å². The fraction of sp³-hybridized carbons (Fsp3) is 0.571. The van der Waals surface area contributed by atoms with Gasteiger partial charge in [0.25, 0.3) is 5.91 Å². The maximum Gasteiger partial charge on any atom is 0.419 e. The lowest BCUT2D eigenvalue weighted by Gasteiger charge is -2.35. The number of carbonyl (C=O) groups is 2. The summed E-state index contributed by atoms with van der Waals surface area (Å²) in [5, 5.41) is 3.02. The molecule has 1 amide bonds. The number of ether oxygens (including phenoxy) is 1. The largest absolute Gasteiger partial charge is 0.452 e. The van der Waals surface area contributed by atoms with E-state index in [2.05, 4.69) is 19.2 Å². The van der Waals surface area contributed by atoms with Crippen LogP contribution < -0.4 is 11.1 Å². The standard InChI is InChI=1S/C21H28N2O5/c1-13-7-6-8-16(14(13)2)22-20(25)15(3)27-19(24)11-12-23-17-9-4-5-10-18(17)28-21(23)26/h4-5,9-10,13-16H,6-8,11-12H2,1-3H3,(H,22,25)/t13-,14-,15-,16-/m1/s1. The van der Waals surface area contributed by atoms with Gasteiger partial charge < -0.3 is 14.5 Å². The monoisotopic (exact) mass is 388 g/mol. The van der Waals surface area contributed by atoms with Gasteiger partial charge in [0.05, 0.1) is 11.9 Å². The molecular formula is C21H28N2O5. The molecule has 1 aliphatic carbocycles. The second-order valence-electron chi connectivity index (χ2n) is 7.75. The third-order valence-electron chi connectivity index (χ3n) is 5.83. The summed E-state index contributed by atoms with van der Waals surface area (Å²) in [5.74, 6) is -0.336. The zero-order valence-electron chi connectivity index (χ0n) is 16.6. The molecule has 2 aromatic rings. The molecule has 0 bridgehead atoms. The van der Waals surface area contributed by atoms with Crippen molar-refractivity contribution in [1.82, 2.24) is 9.88 Å². The third-order valence-corrected chi connectivity index (χ3v) is 5.83. The Hall–Kier alpha value is -2.57. The molecule has 7 heteroatoms. The maximum atomic E-state index is 12.4. The molecule has 1 fully saturated rings. The molecule has 28 heavy (non-hydrogen) atoms. The van der Waals surface area contributed by atoms with Gasteiger partial charge in [-0.3, -0.25) is 14.2 Å². The van der Waals surface area contributed by atoms with E-state index < -0.39 is 17.8 Å². The predicted molar refractivity (Wildman–Crippen MR) is 105 cm³/mol. The van der Waals surface area contributed by atoms with Gasteiger partial charge in [-0.2, -0.15) is 0 Å². The molecule has 1 saturated carbocycles. The first kappa shape index (κ1) is 20.2. The Kier molecular flexibility index (Phi) is 6.21. The molecule has 0 radical (unpaired) electrons. The number of nitrogens with one attached hydrogen (secondary N) is 1. The zero-order valence-corrected chi connectivity index (χ0v) is 16.6. The number of hydrogen-bond donors (Lipinski definition) is 1. The normalized spacial score (nSPS) is 23.3. The topological polar surface area (TPSA) is 90.5 Å². The SMILES string of the molecule is C[C@@H]1[C@H](C)CCC[C@H]1NC(=O)[C@@H](C)OC(=O)CCn1c(=O)oc2ccccc21. The quantitative estimate of drug-likeness (QED) is 0.769. The highest BCUT2D eigenvalue weighted by molar-refractivity contribution is 5.83. The highest BCUT2D eigenvalue weighted by atomic mass is 16.5. The van der Waals surface area contributed by atoms with Crippen LogP contribution in [-0.2, 0) is 20.9 Å². The molecule has 4 atom stereocenters. The summed E-state index contributed by atoms with van der Waals surface area (Å²) < 4.78 is 11.8. The number of para-hydroxylation sites is 2. The van der Waals surface area contributed by atoms with Crippen molar-refractivity contribution >= 4 is 23.0 Å². The van der Waals surface area contributed by atoms with Crippen molar-refractivity contribution in [2.45, 2.75) is 65.1 Å². The van der Waals surface area contributed by atoms with Crippen LogP contribution in [0.4, 0.5) is 0 Å². The highest BCUT2D eigenvalue weighted by Crippen LogP contribution is 2.29. The van der Waals surface area contributed by atoms with E-state index in [1.807, 2.05) is 0 Å². The van der Waals surface area contributed by atoms with Crippen molar-refractivity contribution in [3.8, 4) is 0 Å². The summed E-state index contributed by atoms with van der Waals surface area (Å²) in [4.78, 5) is 36.5. The summed E-state index contributed by atoms with van der Waals surface area (Å²) in [6.07, 6.45) is 2.35. The van der Waals surface area contributed by atoms with Crippen LogP contribution in [0.25, 0.3) is 11.1 Å². The third kappa shape index (κ3) is 4.46. The van der Waals surface area contributed by atoms with Crippen molar-refractivity contribution < 1.29 is 18.7 Å². The maximum absolute atomic E-state index is 12.4. The predicted octanol–water partition coefficient (Wildman–Crippen LogP) is 2.86. The van der Waals surface area contributed by atoms with Crippen LogP contribution in [0.5, 0.6) is 0 Å². The van der Waals surface area contributed by atoms with E-state index in [0.717, 1.165) is 12.8 Å². The van der Waals surface area contributed by atoms with Crippen LogP contribution in [0.1, 0.15) is 46.5 Å². The molecule has 0 unspecified atom stereocenters. The number of rotatable bonds is 6. The van der Waals surface area contributed by atoms with Crippen LogP contribution in [0.15, 0.2) is 33.5 Å². The Morgan fingerprint density at radius 1 is 1.29 bits per heavy atom. The van der Waals surface area contributed by atoms with Crippen LogP contribution in [0.2, 0.25) is 0 Å². The highest BCUT2D eigenvalue weighted by Gasteiger charge is 2.30. The van der Waals surface area contributed by atoms with E-state index in [9.17, 15) is 14.4 Å². The number of fused-ring (bicyclic) bond motifs is 1. The molecule has 1 heterocycles. The number of aromatic nitrogens is 1. The Morgan fingerprint density at radius 2 is 2.04 bits per heavy atom. The number of benzene rings is 1. The minimum Gasteiger partial charge on any atom is -0.452 e. The molecular weight excluding hydrogens is 360 g/mol. The summed E-state index contributed by atoms with van der Waals surface area (Å²) in [5.41, 5.74) is 1.11. The number of hydrogen-bond acceptors (Lipinski definition) is 5. The molecule has 3 rings (SSSR count). The number of amides is 1. The summed E-state index contributed by atoms with van der Waals surface area (Å²) >= 11 is 0. The van der Waals surface area contributed by atoms with E-state index in [0.29, 0.717) is 22.9 Å². The van der Waals surface area contributed by atoms with Crippen molar-refractivity contribution in [2.24, 2.45) is 11.8 Å². The number of esters is 1. The van der Waals surface area contributed by atoms with E-state index in [1.165, 1.54) is 11.0 Å². The number of nitrogens with zero attached hydrogens (tertiary/aromatic N) is 1. The van der Waals surface area contributed by atoms with Gasteiger partial charge in [0.1, 0.15) is 0 Å².